The highest BCUT2D eigenvalue weighted by atomic mass is 16.2. The third kappa shape index (κ3) is 3.28. The maximum atomic E-state index is 12.5. The van der Waals surface area contributed by atoms with Crippen LogP contribution >= 0.6 is 0 Å². The van der Waals surface area contributed by atoms with Crippen LogP contribution in [-0.2, 0) is 9.59 Å². The number of rotatable bonds is 6. The summed E-state index contributed by atoms with van der Waals surface area (Å²) in [4.78, 5) is 26.4. The largest absolute Gasteiger partial charge is 0.342 e. The standard InChI is InChI=1S/C15H26N2O2/c1-4-12-14(18)16-13(10(2)3)15(19)17(12)9-5-6-11-7-8-11/h10-13H,4-9H2,1-3H3,(H,16,18). The van der Waals surface area contributed by atoms with Gasteiger partial charge in [-0.1, -0.05) is 33.6 Å². The van der Waals surface area contributed by atoms with Gasteiger partial charge in [-0.25, -0.2) is 0 Å². The molecule has 2 atom stereocenters. The Morgan fingerprint density at radius 1 is 1.32 bits per heavy atom. The molecular weight excluding hydrogens is 240 g/mol. The summed E-state index contributed by atoms with van der Waals surface area (Å²) in [6, 6.07) is -0.599. The maximum Gasteiger partial charge on any atom is 0.246 e. The van der Waals surface area contributed by atoms with Gasteiger partial charge in [0.2, 0.25) is 11.8 Å². The van der Waals surface area contributed by atoms with Crippen LogP contribution < -0.4 is 5.32 Å². The summed E-state index contributed by atoms with van der Waals surface area (Å²) in [5.41, 5.74) is 0. The Kier molecular flexibility index (Phi) is 4.48. The fraction of sp³-hybridized carbons (Fsp3) is 0.867. The third-order valence-corrected chi connectivity index (χ3v) is 4.29. The van der Waals surface area contributed by atoms with E-state index in [1.165, 1.54) is 19.3 Å². The highest BCUT2D eigenvalue weighted by molar-refractivity contribution is 5.97. The molecule has 4 heteroatoms. The van der Waals surface area contributed by atoms with E-state index in [9.17, 15) is 9.59 Å². The van der Waals surface area contributed by atoms with E-state index in [-0.39, 0.29) is 29.8 Å². The van der Waals surface area contributed by atoms with Crippen molar-refractivity contribution in [2.45, 2.75) is 65.0 Å². The Morgan fingerprint density at radius 3 is 2.53 bits per heavy atom. The van der Waals surface area contributed by atoms with Crippen molar-refractivity contribution in [1.82, 2.24) is 10.2 Å². The second-order valence-corrected chi connectivity index (χ2v) is 6.27. The van der Waals surface area contributed by atoms with Crippen molar-refractivity contribution < 1.29 is 9.59 Å². The Morgan fingerprint density at radius 2 is 2.00 bits per heavy atom. The summed E-state index contributed by atoms with van der Waals surface area (Å²) < 4.78 is 0. The lowest BCUT2D eigenvalue weighted by atomic mass is 9.96. The van der Waals surface area contributed by atoms with Gasteiger partial charge >= 0.3 is 0 Å². The van der Waals surface area contributed by atoms with E-state index in [4.69, 9.17) is 0 Å². The molecule has 1 aliphatic heterocycles. The summed E-state index contributed by atoms with van der Waals surface area (Å²) in [5.74, 6) is 1.17. The van der Waals surface area contributed by atoms with E-state index in [2.05, 4.69) is 5.32 Å². The first-order valence-corrected chi connectivity index (χ1v) is 7.65. The van der Waals surface area contributed by atoms with Gasteiger partial charge in [0.1, 0.15) is 12.1 Å². The van der Waals surface area contributed by atoms with Gasteiger partial charge in [0.05, 0.1) is 0 Å². The average molecular weight is 266 g/mol. The van der Waals surface area contributed by atoms with Crippen LogP contribution in [0.15, 0.2) is 0 Å². The zero-order valence-electron chi connectivity index (χ0n) is 12.3. The summed E-state index contributed by atoms with van der Waals surface area (Å²) in [7, 11) is 0. The SMILES string of the molecule is CCC1C(=O)NC(C(C)C)C(=O)N1CCCC1CC1. The average Bonchev–Trinajstić information content (AvgIpc) is 3.16. The molecule has 19 heavy (non-hydrogen) atoms. The molecule has 2 aliphatic rings. The molecule has 1 aliphatic carbocycles. The van der Waals surface area contributed by atoms with Crippen molar-refractivity contribution in [2.24, 2.45) is 11.8 Å². The van der Waals surface area contributed by atoms with Gasteiger partial charge < -0.3 is 10.2 Å². The predicted molar refractivity (Wildman–Crippen MR) is 74.5 cm³/mol. The van der Waals surface area contributed by atoms with E-state index in [0.717, 1.165) is 18.9 Å². The molecule has 0 bridgehead atoms. The van der Waals surface area contributed by atoms with Gasteiger partial charge in [-0.15, -0.1) is 0 Å². The minimum Gasteiger partial charge on any atom is -0.342 e. The molecule has 0 aromatic rings. The summed E-state index contributed by atoms with van der Waals surface area (Å²) in [6.07, 6.45) is 5.63. The first-order chi connectivity index (χ1) is 9.04. The van der Waals surface area contributed by atoms with Crippen LogP contribution in [0.4, 0.5) is 0 Å². The van der Waals surface area contributed by atoms with Gasteiger partial charge in [-0.05, 0) is 31.1 Å². The highest BCUT2D eigenvalue weighted by Gasteiger charge is 2.40. The van der Waals surface area contributed by atoms with Gasteiger partial charge in [0.15, 0.2) is 0 Å². The molecule has 1 saturated heterocycles. The van der Waals surface area contributed by atoms with E-state index >= 15 is 0 Å². The number of carbonyl (C=O) groups excluding carboxylic acids is 2. The fourth-order valence-electron chi connectivity index (χ4n) is 2.87. The van der Waals surface area contributed by atoms with Crippen molar-refractivity contribution in [1.29, 1.82) is 0 Å². The predicted octanol–water partition coefficient (Wildman–Crippen LogP) is 1.94. The molecule has 0 aromatic carbocycles. The molecule has 2 unspecified atom stereocenters. The molecule has 4 nitrogen and oxygen atoms in total. The Balaban J connectivity index is 1.99. The summed E-state index contributed by atoms with van der Waals surface area (Å²) >= 11 is 0. The molecule has 1 heterocycles. The van der Waals surface area contributed by atoms with E-state index in [1.807, 2.05) is 25.7 Å². The first kappa shape index (κ1) is 14.4. The number of hydrogen-bond donors (Lipinski definition) is 1. The minimum absolute atomic E-state index is 0.0206. The minimum atomic E-state index is -0.337. The molecule has 0 radical (unpaired) electrons. The summed E-state index contributed by atoms with van der Waals surface area (Å²) in [5, 5.41) is 2.88. The fourth-order valence-corrected chi connectivity index (χ4v) is 2.87. The molecular formula is C15H26N2O2. The van der Waals surface area contributed by atoms with Crippen molar-refractivity contribution in [3.05, 3.63) is 0 Å². The second-order valence-electron chi connectivity index (χ2n) is 6.27. The Bertz CT molecular complexity index is 350. The first-order valence-electron chi connectivity index (χ1n) is 7.65. The quantitative estimate of drug-likeness (QED) is 0.798. The van der Waals surface area contributed by atoms with Crippen LogP contribution in [0, 0.1) is 11.8 Å². The molecule has 2 fully saturated rings. The Labute approximate surface area is 115 Å². The molecule has 2 rings (SSSR count). The van der Waals surface area contributed by atoms with Crippen LogP contribution in [0.1, 0.15) is 52.9 Å². The monoisotopic (exact) mass is 266 g/mol. The van der Waals surface area contributed by atoms with E-state index in [1.54, 1.807) is 0 Å². The number of nitrogens with one attached hydrogen (secondary N) is 1. The highest BCUT2D eigenvalue weighted by Crippen LogP contribution is 2.33. The molecule has 0 spiro atoms. The summed E-state index contributed by atoms with van der Waals surface area (Å²) in [6.45, 7) is 6.68. The lowest BCUT2D eigenvalue weighted by Crippen LogP contribution is -2.64. The molecule has 1 N–H and O–H groups in total. The van der Waals surface area contributed by atoms with Crippen LogP contribution in [-0.4, -0.2) is 35.3 Å². The zero-order valence-corrected chi connectivity index (χ0v) is 12.3. The maximum absolute atomic E-state index is 12.5. The molecule has 0 aromatic heterocycles. The van der Waals surface area contributed by atoms with Crippen LogP contribution in [0.5, 0.6) is 0 Å². The molecule has 2 amide bonds. The number of piperazine rings is 1. The number of carbonyl (C=O) groups is 2. The van der Waals surface area contributed by atoms with Gasteiger partial charge in [0, 0.05) is 6.54 Å². The van der Waals surface area contributed by atoms with Crippen LogP contribution in [0.25, 0.3) is 0 Å². The molecule has 108 valence electrons. The van der Waals surface area contributed by atoms with Gasteiger partial charge in [-0.2, -0.15) is 0 Å². The van der Waals surface area contributed by atoms with Crippen molar-refractivity contribution in [3.8, 4) is 0 Å². The number of hydrogen-bond acceptors (Lipinski definition) is 2. The topological polar surface area (TPSA) is 49.4 Å². The Hall–Kier alpha value is -1.06. The normalized spacial score (nSPS) is 27.9. The lowest BCUT2D eigenvalue weighted by Gasteiger charge is -2.40. The van der Waals surface area contributed by atoms with Crippen LogP contribution in [0.3, 0.4) is 0 Å². The van der Waals surface area contributed by atoms with Crippen molar-refractivity contribution >= 4 is 11.8 Å². The van der Waals surface area contributed by atoms with E-state index < -0.39 is 0 Å². The van der Waals surface area contributed by atoms with E-state index in [0.29, 0.717) is 6.42 Å². The van der Waals surface area contributed by atoms with Gasteiger partial charge in [-0.3, -0.25) is 9.59 Å². The van der Waals surface area contributed by atoms with Crippen molar-refractivity contribution in [3.63, 3.8) is 0 Å². The lowest BCUT2D eigenvalue weighted by molar-refractivity contribution is -0.150. The smallest absolute Gasteiger partial charge is 0.246 e. The third-order valence-electron chi connectivity index (χ3n) is 4.29. The zero-order chi connectivity index (χ0) is 14.0. The van der Waals surface area contributed by atoms with Crippen LogP contribution in [0.2, 0.25) is 0 Å². The molecule has 1 saturated carbocycles. The second kappa shape index (κ2) is 5.93. The van der Waals surface area contributed by atoms with Gasteiger partial charge in [0.25, 0.3) is 0 Å². The van der Waals surface area contributed by atoms with Crippen molar-refractivity contribution in [2.75, 3.05) is 6.54 Å². The number of amides is 2. The number of nitrogens with zero attached hydrogens (tertiary/aromatic N) is 1.